The predicted molar refractivity (Wildman–Crippen MR) is 104 cm³/mol. The molecule has 11 heteroatoms. The first-order chi connectivity index (χ1) is 13.1. The highest BCUT2D eigenvalue weighted by Gasteiger charge is 2.46. The lowest BCUT2D eigenvalue weighted by Gasteiger charge is -2.34. The van der Waals surface area contributed by atoms with Crippen molar-refractivity contribution in [2.45, 2.75) is 29.7 Å². The number of alkyl halides is 2. The molecule has 3 aromatic rings. The van der Waals surface area contributed by atoms with Crippen molar-refractivity contribution in [2.24, 2.45) is 0 Å². The standard InChI is InChI=1S/C17H14Cl2F2N4O2S/c18-12-5-9(28(26,27)25-8-6-17(20,21)7-8)1-2-10(12)11-3-4-13-14(15(11)19)16(22)24-23-13/h1-5,8,25H,6-7H2,(H3,22,23,24). The quantitative estimate of drug-likeness (QED) is 0.558. The molecule has 148 valence electrons. The van der Waals surface area contributed by atoms with E-state index < -0.39 is 34.8 Å². The van der Waals surface area contributed by atoms with Crippen molar-refractivity contribution in [1.82, 2.24) is 14.9 Å². The largest absolute Gasteiger partial charge is 0.382 e. The van der Waals surface area contributed by atoms with Crippen molar-refractivity contribution in [2.75, 3.05) is 5.73 Å². The molecule has 0 saturated heterocycles. The molecular formula is C17H14Cl2F2N4O2S. The van der Waals surface area contributed by atoms with Gasteiger partial charge in [0.25, 0.3) is 5.92 Å². The Balaban J connectivity index is 1.67. The molecule has 4 rings (SSSR count). The van der Waals surface area contributed by atoms with Crippen LogP contribution in [0.3, 0.4) is 0 Å². The van der Waals surface area contributed by atoms with E-state index in [9.17, 15) is 17.2 Å². The number of aromatic amines is 1. The third-order valence-electron chi connectivity index (χ3n) is 4.65. The average molecular weight is 447 g/mol. The summed E-state index contributed by atoms with van der Waals surface area (Å²) in [4.78, 5) is -0.114. The monoisotopic (exact) mass is 446 g/mol. The van der Waals surface area contributed by atoms with Crippen molar-refractivity contribution in [3.8, 4) is 11.1 Å². The van der Waals surface area contributed by atoms with Gasteiger partial charge in [-0.1, -0.05) is 35.3 Å². The first kappa shape index (κ1) is 19.4. The van der Waals surface area contributed by atoms with Crippen LogP contribution in [0.4, 0.5) is 14.6 Å². The second-order valence-electron chi connectivity index (χ2n) is 6.68. The predicted octanol–water partition coefficient (Wildman–Crippen LogP) is 4.19. The van der Waals surface area contributed by atoms with Crippen LogP contribution in [0.2, 0.25) is 10.0 Å². The number of hydrogen-bond acceptors (Lipinski definition) is 4. The molecule has 0 unspecified atom stereocenters. The minimum absolute atomic E-state index is 0.114. The zero-order valence-electron chi connectivity index (χ0n) is 14.1. The summed E-state index contributed by atoms with van der Waals surface area (Å²) in [6, 6.07) is 6.77. The van der Waals surface area contributed by atoms with Crippen LogP contribution in [0.15, 0.2) is 35.2 Å². The first-order valence-corrected chi connectivity index (χ1v) is 10.4. The molecule has 0 atom stereocenters. The Kier molecular flexibility index (Phi) is 4.53. The Morgan fingerprint density at radius 1 is 1.18 bits per heavy atom. The van der Waals surface area contributed by atoms with Crippen LogP contribution in [0.1, 0.15) is 12.8 Å². The molecule has 0 spiro atoms. The van der Waals surface area contributed by atoms with Crippen LogP contribution in [0, 0.1) is 0 Å². The smallest absolute Gasteiger partial charge is 0.251 e. The summed E-state index contributed by atoms with van der Waals surface area (Å²) in [6.45, 7) is 0. The van der Waals surface area contributed by atoms with E-state index in [0.717, 1.165) is 0 Å². The molecule has 1 fully saturated rings. The molecule has 4 N–H and O–H groups in total. The second-order valence-corrected chi connectivity index (χ2v) is 9.18. The number of rotatable bonds is 4. The van der Waals surface area contributed by atoms with Crippen LogP contribution < -0.4 is 10.5 Å². The van der Waals surface area contributed by atoms with E-state index in [1.165, 1.54) is 18.2 Å². The molecule has 0 aliphatic heterocycles. The molecule has 1 aliphatic carbocycles. The van der Waals surface area contributed by atoms with E-state index in [1.807, 2.05) is 0 Å². The normalized spacial score (nSPS) is 17.0. The van der Waals surface area contributed by atoms with Crippen molar-refractivity contribution in [1.29, 1.82) is 0 Å². The molecule has 1 heterocycles. The second kappa shape index (κ2) is 6.55. The molecule has 1 saturated carbocycles. The Morgan fingerprint density at radius 2 is 1.86 bits per heavy atom. The minimum atomic E-state index is -3.97. The molecule has 0 amide bonds. The number of sulfonamides is 1. The maximum Gasteiger partial charge on any atom is 0.251 e. The van der Waals surface area contributed by atoms with Crippen molar-refractivity contribution in [3.63, 3.8) is 0 Å². The Labute approximate surface area is 169 Å². The van der Waals surface area contributed by atoms with Gasteiger partial charge in [-0.3, -0.25) is 5.10 Å². The number of nitrogens with two attached hydrogens (primary N) is 1. The molecule has 28 heavy (non-hydrogen) atoms. The van der Waals surface area contributed by atoms with Gasteiger partial charge in [0.05, 0.1) is 20.8 Å². The molecule has 1 aromatic heterocycles. The number of fused-ring (bicyclic) bond motifs is 1. The maximum absolute atomic E-state index is 12.9. The number of benzene rings is 2. The number of nitrogen functional groups attached to an aromatic ring is 1. The van der Waals surface area contributed by atoms with E-state index in [2.05, 4.69) is 14.9 Å². The Bertz CT molecular complexity index is 1190. The van der Waals surface area contributed by atoms with Crippen LogP contribution in [-0.4, -0.2) is 30.6 Å². The first-order valence-electron chi connectivity index (χ1n) is 8.19. The SMILES string of the molecule is Nc1n[nH]c2ccc(-c3ccc(S(=O)(=O)NC4CC(F)(F)C4)cc3Cl)c(Cl)c12. The van der Waals surface area contributed by atoms with Gasteiger partial charge in [-0.15, -0.1) is 0 Å². The summed E-state index contributed by atoms with van der Waals surface area (Å²) in [5.74, 6) is -2.59. The van der Waals surface area contributed by atoms with Crippen LogP contribution in [-0.2, 0) is 10.0 Å². The highest BCUT2D eigenvalue weighted by Crippen LogP contribution is 2.40. The maximum atomic E-state index is 12.9. The van der Waals surface area contributed by atoms with E-state index >= 15 is 0 Å². The molecular weight excluding hydrogens is 433 g/mol. The fourth-order valence-electron chi connectivity index (χ4n) is 3.22. The number of aromatic nitrogens is 2. The number of halogens is 4. The highest BCUT2D eigenvalue weighted by atomic mass is 35.5. The van der Waals surface area contributed by atoms with E-state index in [1.54, 1.807) is 12.1 Å². The summed E-state index contributed by atoms with van der Waals surface area (Å²) < 4.78 is 53.0. The van der Waals surface area contributed by atoms with Gasteiger partial charge >= 0.3 is 0 Å². The number of anilines is 1. The molecule has 1 aliphatic rings. The van der Waals surface area contributed by atoms with Gasteiger partial charge in [-0.05, 0) is 18.2 Å². The van der Waals surface area contributed by atoms with E-state index in [-0.39, 0.29) is 15.7 Å². The topological polar surface area (TPSA) is 101 Å². The summed E-state index contributed by atoms with van der Waals surface area (Å²) in [5.41, 5.74) is 7.54. The molecule has 0 bridgehead atoms. The molecule has 6 nitrogen and oxygen atoms in total. The third kappa shape index (κ3) is 3.32. The van der Waals surface area contributed by atoms with Gasteiger partial charge in [-0.25, -0.2) is 21.9 Å². The van der Waals surface area contributed by atoms with Crippen molar-refractivity contribution in [3.05, 3.63) is 40.4 Å². The Hall–Kier alpha value is -1.94. The van der Waals surface area contributed by atoms with Crippen molar-refractivity contribution >= 4 is 49.9 Å². The van der Waals surface area contributed by atoms with E-state index in [4.69, 9.17) is 28.9 Å². The van der Waals surface area contributed by atoms with Gasteiger partial charge in [-0.2, -0.15) is 5.10 Å². The fourth-order valence-corrected chi connectivity index (χ4v) is 5.19. The van der Waals surface area contributed by atoms with E-state index in [0.29, 0.717) is 27.1 Å². The minimum Gasteiger partial charge on any atom is -0.382 e. The number of nitrogens with zero attached hydrogens (tertiary/aromatic N) is 1. The van der Waals surface area contributed by atoms with Gasteiger partial charge in [0.2, 0.25) is 10.0 Å². The zero-order chi connectivity index (χ0) is 20.3. The zero-order valence-corrected chi connectivity index (χ0v) is 16.5. The number of hydrogen-bond donors (Lipinski definition) is 3. The van der Waals surface area contributed by atoms with Crippen LogP contribution >= 0.6 is 23.2 Å². The molecule has 0 radical (unpaired) electrons. The fraction of sp³-hybridized carbons (Fsp3) is 0.235. The lowest BCUT2D eigenvalue weighted by atomic mass is 9.89. The van der Waals surface area contributed by atoms with Gasteiger partial charge < -0.3 is 5.73 Å². The van der Waals surface area contributed by atoms with Crippen LogP contribution in [0.5, 0.6) is 0 Å². The summed E-state index contributed by atoms with van der Waals surface area (Å²) in [7, 11) is -3.97. The summed E-state index contributed by atoms with van der Waals surface area (Å²) >= 11 is 12.8. The number of nitrogens with one attached hydrogen (secondary N) is 2. The summed E-state index contributed by atoms with van der Waals surface area (Å²) in [5, 5.41) is 7.67. The van der Waals surface area contributed by atoms with Gasteiger partial charge in [0, 0.05) is 35.0 Å². The average Bonchev–Trinajstić information content (AvgIpc) is 2.95. The molecule has 2 aromatic carbocycles. The third-order valence-corrected chi connectivity index (χ3v) is 6.87. The lowest BCUT2D eigenvalue weighted by Crippen LogP contribution is -2.50. The number of H-pyrrole nitrogens is 1. The van der Waals surface area contributed by atoms with Gasteiger partial charge in [0.15, 0.2) is 5.82 Å². The highest BCUT2D eigenvalue weighted by molar-refractivity contribution is 7.89. The van der Waals surface area contributed by atoms with Crippen molar-refractivity contribution < 1.29 is 17.2 Å². The van der Waals surface area contributed by atoms with Gasteiger partial charge in [0.1, 0.15) is 0 Å². The van der Waals surface area contributed by atoms with Crippen LogP contribution in [0.25, 0.3) is 22.0 Å². The Morgan fingerprint density at radius 3 is 2.50 bits per heavy atom. The summed E-state index contributed by atoms with van der Waals surface area (Å²) in [6.07, 6.45) is -1.03. The lowest BCUT2D eigenvalue weighted by molar-refractivity contribution is -0.0876.